The highest BCUT2D eigenvalue weighted by molar-refractivity contribution is 5.32. The Morgan fingerprint density at radius 3 is 2.19 bits per heavy atom. The second kappa shape index (κ2) is 5.01. The highest BCUT2D eigenvalue weighted by atomic mass is 14.9. The summed E-state index contributed by atoms with van der Waals surface area (Å²) in [7, 11) is 0. The summed E-state index contributed by atoms with van der Waals surface area (Å²) in [5.41, 5.74) is 3.12. The van der Waals surface area contributed by atoms with Crippen LogP contribution in [0.3, 0.4) is 0 Å². The van der Waals surface area contributed by atoms with Gasteiger partial charge in [-0.1, -0.05) is 38.1 Å². The molecule has 0 aromatic heterocycles. The van der Waals surface area contributed by atoms with Crippen molar-refractivity contribution in [1.82, 2.24) is 5.32 Å². The van der Waals surface area contributed by atoms with Gasteiger partial charge in [-0.15, -0.1) is 0 Å². The minimum atomic E-state index is 0.628. The number of hydrogen-bond donors (Lipinski definition) is 1. The van der Waals surface area contributed by atoms with E-state index < -0.39 is 0 Å². The fourth-order valence-electron chi connectivity index (χ4n) is 2.38. The van der Waals surface area contributed by atoms with Crippen LogP contribution in [0.4, 0.5) is 0 Å². The van der Waals surface area contributed by atoms with Crippen LogP contribution in [0.15, 0.2) is 24.3 Å². The van der Waals surface area contributed by atoms with Crippen molar-refractivity contribution in [2.24, 2.45) is 11.8 Å². The molecule has 0 bridgehead atoms. The Bertz CT molecular complexity index is 318. The van der Waals surface area contributed by atoms with Crippen molar-refractivity contribution in [2.75, 3.05) is 6.54 Å². The Kier molecular flexibility index (Phi) is 3.65. The fraction of sp³-hybridized carbons (Fsp3) is 0.600. The average Bonchev–Trinajstić information content (AvgIpc) is 2.68. The Balaban J connectivity index is 1.83. The second-order valence-electron chi connectivity index (χ2n) is 5.48. The molecule has 0 saturated carbocycles. The van der Waals surface area contributed by atoms with Crippen molar-refractivity contribution in [3.63, 3.8) is 0 Å². The van der Waals surface area contributed by atoms with E-state index in [9.17, 15) is 0 Å². The number of nitrogens with one attached hydrogen (secondary N) is 1. The van der Waals surface area contributed by atoms with E-state index in [-0.39, 0.29) is 0 Å². The van der Waals surface area contributed by atoms with Gasteiger partial charge in [-0.2, -0.15) is 0 Å². The van der Waals surface area contributed by atoms with Crippen LogP contribution in [-0.4, -0.2) is 12.6 Å². The van der Waals surface area contributed by atoms with Gasteiger partial charge in [0.2, 0.25) is 0 Å². The summed E-state index contributed by atoms with van der Waals surface area (Å²) in [6.07, 6.45) is 2.52. The minimum absolute atomic E-state index is 0.628. The lowest BCUT2D eigenvalue weighted by Crippen LogP contribution is -2.34. The van der Waals surface area contributed by atoms with Crippen molar-refractivity contribution in [1.29, 1.82) is 0 Å². The van der Waals surface area contributed by atoms with Gasteiger partial charge in [-0.3, -0.25) is 0 Å². The molecule has 1 nitrogen and oxygen atoms in total. The standard InChI is InChI=1S/C15H23N/c1-11(2)12(3)16-10-13-8-14-6-4-5-7-15(14)9-13/h4-7,11-13,16H,8-10H2,1-3H3. The van der Waals surface area contributed by atoms with Gasteiger partial charge in [0.1, 0.15) is 0 Å². The van der Waals surface area contributed by atoms with Crippen molar-refractivity contribution in [3.05, 3.63) is 35.4 Å². The molecule has 1 N–H and O–H groups in total. The smallest absolute Gasteiger partial charge is 0.00618 e. The molecular formula is C15H23N. The Labute approximate surface area is 99.3 Å². The number of fused-ring (bicyclic) bond motifs is 1. The highest BCUT2D eigenvalue weighted by Crippen LogP contribution is 2.25. The van der Waals surface area contributed by atoms with E-state index in [1.54, 1.807) is 11.1 Å². The summed E-state index contributed by atoms with van der Waals surface area (Å²) < 4.78 is 0. The summed E-state index contributed by atoms with van der Waals surface area (Å²) in [5, 5.41) is 3.66. The first kappa shape index (κ1) is 11.7. The molecule has 16 heavy (non-hydrogen) atoms. The summed E-state index contributed by atoms with van der Waals surface area (Å²) in [6, 6.07) is 9.50. The van der Waals surface area contributed by atoms with Crippen LogP contribution >= 0.6 is 0 Å². The predicted octanol–water partition coefficient (Wildman–Crippen LogP) is 3.04. The molecule has 88 valence electrons. The molecule has 0 radical (unpaired) electrons. The Morgan fingerprint density at radius 2 is 1.69 bits per heavy atom. The van der Waals surface area contributed by atoms with E-state index >= 15 is 0 Å². The first-order valence-corrected chi connectivity index (χ1v) is 6.47. The third-order valence-corrected chi connectivity index (χ3v) is 3.86. The van der Waals surface area contributed by atoms with Crippen molar-refractivity contribution < 1.29 is 0 Å². The molecule has 2 rings (SSSR count). The molecule has 0 fully saturated rings. The van der Waals surface area contributed by atoms with Gasteiger partial charge >= 0.3 is 0 Å². The average molecular weight is 217 g/mol. The van der Waals surface area contributed by atoms with Crippen LogP contribution in [-0.2, 0) is 12.8 Å². The maximum Gasteiger partial charge on any atom is 0.00618 e. The van der Waals surface area contributed by atoms with Gasteiger partial charge in [0.25, 0.3) is 0 Å². The van der Waals surface area contributed by atoms with Gasteiger partial charge in [-0.05, 0) is 49.3 Å². The Hall–Kier alpha value is -0.820. The van der Waals surface area contributed by atoms with E-state index in [1.807, 2.05) is 0 Å². The predicted molar refractivity (Wildman–Crippen MR) is 69.6 cm³/mol. The molecule has 0 amide bonds. The lowest BCUT2D eigenvalue weighted by molar-refractivity contribution is 0.386. The zero-order chi connectivity index (χ0) is 11.5. The second-order valence-corrected chi connectivity index (χ2v) is 5.48. The van der Waals surface area contributed by atoms with Crippen LogP contribution in [0.1, 0.15) is 31.9 Å². The molecule has 0 spiro atoms. The van der Waals surface area contributed by atoms with Crippen molar-refractivity contribution in [3.8, 4) is 0 Å². The van der Waals surface area contributed by atoms with E-state index in [1.165, 1.54) is 12.8 Å². The largest absolute Gasteiger partial charge is 0.314 e. The fourth-order valence-corrected chi connectivity index (χ4v) is 2.38. The zero-order valence-electron chi connectivity index (χ0n) is 10.7. The maximum atomic E-state index is 3.66. The molecule has 1 aliphatic rings. The van der Waals surface area contributed by atoms with Crippen LogP contribution in [0.5, 0.6) is 0 Å². The number of hydrogen-bond acceptors (Lipinski definition) is 1. The van der Waals surface area contributed by atoms with E-state index in [0.717, 1.165) is 18.4 Å². The third-order valence-electron chi connectivity index (χ3n) is 3.86. The van der Waals surface area contributed by atoms with Crippen molar-refractivity contribution >= 4 is 0 Å². The molecule has 1 unspecified atom stereocenters. The van der Waals surface area contributed by atoms with Crippen molar-refractivity contribution in [2.45, 2.75) is 39.7 Å². The third kappa shape index (κ3) is 2.65. The molecule has 1 aromatic rings. The topological polar surface area (TPSA) is 12.0 Å². The molecule has 1 aliphatic carbocycles. The quantitative estimate of drug-likeness (QED) is 0.817. The monoisotopic (exact) mass is 217 g/mol. The van der Waals surface area contributed by atoms with Gasteiger partial charge in [-0.25, -0.2) is 0 Å². The molecule has 0 aliphatic heterocycles. The van der Waals surface area contributed by atoms with Gasteiger partial charge < -0.3 is 5.32 Å². The van der Waals surface area contributed by atoms with E-state index in [0.29, 0.717) is 6.04 Å². The Morgan fingerprint density at radius 1 is 1.12 bits per heavy atom. The van der Waals surface area contributed by atoms with Crippen LogP contribution in [0.25, 0.3) is 0 Å². The number of rotatable bonds is 4. The number of benzene rings is 1. The summed E-state index contributed by atoms with van der Waals surface area (Å²) in [6.45, 7) is 8.00. The lowest BCUT2D eigenvalue weighted by atomic mass is 10.0. The first-order chi connectivity index (χ1) is 7.66. The first-order valence-electron chi connectivity index (χ1n) is 6.47. The minimum Gasteiger partial charge on any atom is -0.314 e. The molecule has 0 saturated heterocycles. The lowest BCUT2D eigenvalue weighted by Gasteiger charge is -2.20. The summed E-state index contributed by atoms with van der Waals surface area (Å²) in [4.78, 5) is 0. The summed E-state index contributed by atoms with van der Waals surface area (Å²) >= 11 is 0. The molecular weight excluding hydrogens is 194 g/mol. The van der Waals surface area contributed by atoms with E-state index in [2.05, 4.69) is 50.4 Å². The van der Waals surface area contributed by atoms with Crippen LogP contribution in [0.2, 0.25) is 0 Å². The van der Waals surface area contributed by atoms with Crippen LogP contribution in [0, 0.1) is 11.8 Å². The molecule has 1 aromatic carbocycles. The van der Waals surface area contributed by atoms with Gasteiger partial charge in [0.15, 0.2) is 0 Å². The molecule has 1 atom stereocenters. The SMILES string of the molecule is CC(C)C(C)NCC1Cc2ccccc2C1. The zero-order valence-corrected chi connectivity index (χ0v) is 10.7. The molecule has 1 heteroatoms. The van der Waals surface area contributed by atoms with E-state index in [4.69, 9.17) is 0 Å². The van der Waals surface area contributed by atoms with Gasteiger partial charge in [0, 0.05) is 6.04 Å². The summed E-state index contributed by atoms with van der Waals surface area (Å²) in [5.74, 6) is 1.53. The van der Waals surface area contributed by atoms with Gasteiger partial charge in [0.05, 0.1) is 0 Å². The highest BCUT2D eigenvalue weighted by Gasteiger charge is 2.21. The molecule has 0 heterocycles. The normalized spacial score (nSPS) is 17.8. The maximum absolute atomic E-state index is 3.66. The van der Waals surface area contributed by atoms with Crippen LogP contribution < -0.4 is 5.32 Å².